The van der Waals surface area contributed by atoms with Crippen LogP contribution in [-0.4, -0.2) is 42.5 Å². The zero-order chi connectivity index (χ0) is 6.69. The van der Waals surface area contributed by atoms with Crippen LogP contribution >= 0.6 is 0 Å². The highest BCUT2D eigenvalue weighted by molar-refractivity contribution is 5.54. The number of rotatable bonds is 2. The van der Waals surface area contributed by atoms with Crippen LogP contribution in [0.25, 0.3) is 0 Å². The predicted molar refractivity (Wildman–Crippen MR) is 38.9 cm³/mol. The third-order valence-corrected chi connectivity index (χ3v) is 1.44. The lowest BCUT2D eigenvalue weighted by molar-refractivity contribution is -0.520. The van der Waals surface area contributed by atoms with Crippen molar-refractivity contribution in [2.45, 2.75) is 0 Å². The van der Waals surface area contributed by atoms with Crippen LogP contribution in [0.1, 0.15) is 0 Å². The van der Waals surface area contributed by atoms with Gasteiger partial charge >= 0.3 is 0 Å². The van der Waals surface area contributed by atoms with Crippen LogP contribution in [0.4, 0.5) is 0 Å². The fourth-order valence-corrected chi connectivity index (χ4v) is 0.979. The number of nitrogens with zero attached hydrogens (tertiary/aromatic N) is 2. The largest absolute Gasteiger partial charge is 0.242 e. The molecule has 2 nitrogen and oxygen atoms in total. The molecule has 0 fully saturated rings. The Kier molecular flexibility index (Phi) is 2.01. The third kappa shape index (κ3) is 1.64. The predicted octanol–water partition coefficient (Wildman–Crippen LogP) is 0.159. The monoisotopic (exact) mass is 125 g/mol. The van der Waals surface area contributed by atoms with Crippen LogP contribution in [0, 0.1) is 0 Å². The van der Waals surface area contributed by atoms with Crippen molar-refractivity contribution in [1.82, 2.24) is 4.90 Å². The smallest absolute Gasteiger partial charge is 0.199 e. The van der Waals surface area contributed by atoms with E-state index >= 15 is 0 Å². The van der Waals surface area contributed by atoms with Gasteiger partial charge < -0.3 is 0 Å². The maximum atomic E-state index is 3.67. The Bertz CT molecular complexity index is 138. The first-order valence-electron chi connectivity index (χ1n) is 3.20. The Balaban J connectivity index is 2.35. The normalized spacial score (nSPS) is 19.9. The van der Waals surface area contributed by atoms with Gasteiger partial charge in [-0.25, -0.2) is 9.48 Å². The summed E-state index contributed by atoms with van der Waals surface area (Å²) >= 11 is 0. The Morgan fingerprint density at radius 1 is 1.89 bits per heavy atom. The average molecular weight is 125 g/mol. The minimum atomic E-state index is 0.977. The molecule has 1 heterocycles. The van der Waals surface area contributed by atoms with Gasteiger partial charge in [-0.2, -0.15) is 0 Å². The zero-order valence-corrected chi connectivity index (χ0v) is 5.88. The second-order valence-corrected chi connectivity index (χ2v) is 2.42. The molecule has 0 aromatic heterocycles. The van der Waals surface area contributed by atoms with Crippen LogP contribution in [0.2, 0.25) is 0 Å². The summed E-state index contributed by atoms with van der Waals surface area (Å²) in [5.74, 6) is 0. The topological polar surface area (TPSA) is 6.25 Å². The standard InChI is InChI=1S/C7H13N2/c1-3-4-9-6-5-8(2)7-9/h3,6H,1,4-5,7H2,2H3/q+1. The molecule has 1 aliphatic heterocycles. The Morgan fingerprint density at radius 2 is 2.67 bits per heavy atom. The summed E-state index contributed by atoms with van der Waals surface area (Å²) in [5, 5.41) is 0. The van der Waals surface area contributed by atoms with Crippen molar-refractivity contribution in [3.63, 3.8) is 0 Å². The molecule has 0 aromatic carbocycles. The molecule has 0 saturated carbocycles. The lowest BCUT2D eigenvalue weighted by atomic mass is 10.6. The number of hydrogen-bond donors (Lipinski definition) is 0. The van der Waals surface area contributed by atoms with E-state index in [2.05, 4.69) is 29.3 Å². The van der Waals surface area contributed by atoms with Gasteiger partial charge in [0.25, 0.3) is 0 Å². The Labute approximate surface area is 56.1 Å². The molecule has 0 spiro atoms. The van der Waals surface area contributed by atoms with E-state index in [0.717, 1.165) is 19.8 Å². The highest BCUT2D eigenvalue weighted by Crippen LogP contribution is 1.89. The van der Waals surface area contributed by atoms with E-state index in [1.54, 1.807) is 0 Å². The summed E-state index contributed by atoms with van der Waals surface area (Å²) < 4.78 is 2.24. The van der Waals surface area contributed by atoms with Crippen LogP contribution in [0.15, 0.2) is 12.7 Å². The highest BCUT2D eigenvalue weighted by Gasteiger charge is 2.13. The van der Waals surface area contributed by atoms with Crippen molar-refractivity contribution in [3.05, 3.63) is 12.7 Å². The van der Waals surface area contributed by atoms with E-state index in [0.29, 0.717) is 0 Å². The SMILES string of the molecule is C=CC[N+]1=CCN(C)C1. The minimum Gasteiger partial charge on any atom is -0.242 e. The van der Waals surface area contributed by atoms with Gasteiger partial charge in [-0.1, -0.05) is 6.58 Å². The first-order chi connectivity index (χ1) is 4.33. The van der Waals surface area contributed by atoms with Crippen LogP contribution in [-0.2, 0) is 0 Å². The fraction of sp³-hybridized carbons (Fsp3) is 0.571. The molecular weight excluding hydrogens is 112 g/mol. The molecule has 50 valence electrons. The molecule has 0 bridgehead atoms. The van der Waals surface area contributed by atoms with Gasteiger partial charge in [-0.15, -0.1) is 0 Å². The van der Waals surface area contributed by atoms with Crippen LogP contribution in [0.5, 0.6) is 0 Å². The first-order valence-corrected chi connectivity index (χ1v) is 3.20. The first kappa shape index (κ1) is 6.49. The summed E-state index contributed by atoms with van der Waals surface area (Å²) in [6.07, 6.45) is 4.12. The quantitative estimate of drug-likeness (QED) is 0.376. The van der Waals surface area contributed by atoms with E-state index in [4.69, 9.17) is 0 Å². The highest BCUT2D eigenvalue weighted by atomic mass is 15.3. The van der Waals surface area contributed by atoms with E-state index in [-0.39, 0.29) is 0 Å². The molecule has 0 unspecified atom stereocenters. The van der Waals surface area contributed by atoms with Crippen molar-refractivity contribution < 1.29 is 4.58 Å². The molecule has 0 amide bonds. The Morgan fingerprint density at radius 3 is 3.11 bits per heavy atom. The minimum absolute atomic E-state index is 0.977. The van der Waals surface area contributed by atoms with E-state index in [9.17, 15) is 0 Å². The molecular formula is C7H13N2+. The molecule has 2 heteroatoms. The van der Waals surface area contributed by atoms with Gasteiger partial charge in [0.15, 0.2) is 19.4 Å². The maximum Gasteiger partial charge on any atom is 0.199 e. The van der Waals surface area contributed by atoms with Gasteiger partial charge in [0.2, 0.25) is 0 Å². The van der Waals surface area contributed by atoms with Crippen LogP contribution < -0.4 is 0 Å². The van der Waals surface area contributed by atoms with Crippen molar-refractivity contribution in [1.29, 1.82) is 0 Å². The van der Waals surface area contributed by atoms with E-state index < -0.39 is 0 Å². The molecule has 0 N–H and O–H groups in total. The summed E-state index contributed by atoms with van der Waals surface area (Å²) in [6.45, 7) is 6.77. The second-order valence-electron chi connectivity index (χ2n) is 2.42. The van der Waals surface area contributed by atoms with E-state index in [1.807, 2.05) is 6.08 Å². The molecule has 0 saturated heterocycles. The second kappa shape index (κ2) is 2.78. The maximum absolute atomic E-state index is 3.67. The molecule has 1 aliphatic rings. The molecule has 1 rings (SSSR count). The zero-order valence-electron chi connectivity index (χ0n) is 5.88. The van der Waals surface area contributed by atoms with Gasteiger partial charge in [-0.05, 0) is 13.1 Å². The van der Waals surface area contributed by atoms with Gasteiger partial charge in [0, 0.05) is 0 Å². The van der Waals surface area contributed by atoms with Crippen molar-refractivity contribution in [3.8, 4) is 0 Å². The molecule has 0 radical (unpaired) electrons. The van der Waals surface area contributed by atoms with Crippen molar-refractivity contribution in [2.24, 2.45) is 0 Å². The molecule has 0 atom stereocenters. The summed E-state index contributed by atoms with van der Waals surface area (Å²) in [7, 11) is 2.11. The average Bonchev–Trinajstić information content (AvgIpc) is 2.17. The van der Waals surface area contributed by atoms with Gasteiger partial charge in [-0.3, -0.25) is 0 Å². The third-order valence-electron chi connectivity index (χ3n) is 1.44. The van der Waals surface area contributed by atoms with Gasteiger partial charge in [0.1, 0.15) is 0 Å². The Hall–Kier alpha value is -0.630. The van der Waals surface area contributed by atoms with Gasteiger partial charge in [0.05, 0.1) is 6.54 Å². The molecule has 0 aromatic rings. The van der Waals surface area contributed by atoms with Crippen LogP contribution in [0.3, 0.4) is 0 Å². The lowest BCUT2D eigenvalue weighted by Gasteiger charge is -1.99. The molecule has 0 aliphatic carbocycles. The summed E-state index contributed by atoms with van der Waals surface area (Å²) in [6, 6.07) is 0. The summed E-state index contributed by atoms with van der Waals surface area (Å²) in [5.41, 5.74) is 0. The fourth-order valence-electron chi connectivity index (χ4n) is 0.979. The van der Waals surface area contributed by atoms with E-state index in [1.165, 1.54) is 0 Å². The molecule has 9 heavy (non-hydrogen) atoms. The summed E-state index contributed by atoms with van der Waals surface area (Å²) in [4.78, 5) is 2.25. The van der Waals surface area contributed by atoms with Crippen molar-refractivity contribution in [2.75, 3.05) is 26.8 Å². The number of hydrogen-bond acceptors (Lipinski definition) is 1. The van der Waals surface area contributed by atoms with Crippen molar-refractivity contribution >= 4 is 6.21 Å². The lowest BCUT2D eigenvalue weighted by Crippen LogP contribution is -2.19.